The maximum atomic E-state index is 12.3. The second kappa shape index (κ2) is 5.64. The van der Waals surface area contributed by atoms with E-state index in [1.165, 1.54) is 0 Å². The minimum absolute atomic E-state index is 0.234. The molecule has 108 valence electrons. The minimum atomic E-state index is -3.59. The number of aromatic amines is 1. The lowest BCUT2D eigenvalue weighted by Crippen LogP contribution is -2.14. The Morgan fingerprint density at radius 1 is 1.20 bits per heavy atom. The van der Waals surface area contributed by atoms with Crippen LogP contribution in [0.3, 0.4) is 0 Å². The van der Waals surface area contributed by atoms with Gasteiger partial charge in [-0.1, -0.05) is 12.1 Å². The van der Waals surface area contributed by atoms with E-state index in [0.29, 0.717) is 23.6 Å². The molecule has 0 aliphatic carbocycles. The number of rotatable bonds is 5. The third kappa shape index (κ3) is 3.00. The van der Waals surface area contributed by atoms with Crippen LogP contribution in [0, 0.1) is 13.8 Å². The van der Waals surface area contributed by atoms with Crippen molar-refractivity contribution in [3.05, 3.63) is 41.2 Å². The van der Waals surface area contributed by atoms with E-state index in [1.54, 1.807) is 38.1 Å². The third-order valence-electron chi connectivity index (χ3n) is 2.98. The summed E-state index contributed by atoms with van der Waals surface area (Å²) in [5, 5.41) is 9.74. The number of nitrogens with one attached hydrogen (secondary N) is 3. The second-order valence-electron chi connectivity index (χ2n) is 4.59. The number of aromatic nitrogens is 2. The number of sulfonamides is 1. The molecule has 0 spiro atoms. The Balaban J connectivity index is 2.26. The summed E-state index contributed by atoms with van der Waals surface area (Å²) in [5.41, 5.74) is 2.85. The Kier molecular flexibility index (Phi) is 4.10. The number of benzene rings is 1. The van der Waals surface area contributed by atoms with Crippen molar-refractivity contribution in [3.8, 4) is 0 Å². The maximum absolute atomic E-state index is 12.3. The lowest BCUT2D eigenvalue weighted by molar-refractivity contribution is 0.601. The van der Waals surface area contributed by atoms with Crippen LogP contribution in [-0.2, 0) is 16.6 Å². The second-order valence-corrected chi connectivity index (χ2v) is 6.27. The van der Waals surface area contributed by atoms with E-state index in [4.69, 9.17) is 0 Å². The van der Waals surface area contributed by atoms with Crippen molar-refractivity contribution < 1.29 is 8.42 Å². The first-order chi connectivity index (χ1) is 9.44. The van der Waals surface area contributed by atoms with E-state index >= 15 is 0 Å². The molecule has 1 heterocycles. The fourth-order valence-corrected chi connectivity index (χ4v) is 3.07. The average Bonchev–Trinajstić information content (AvgIpc) is 2.71. The molecule has 0 aliphatic heterocycles. The van der Waals surface area contributed by atoms with Crippen molar-refractivity contribution in [2.45, 2.75) is 25.3 Å². The third-order valence-corrected chi connectivity index (χ3v) is 4.34. The zero-order valence-electron chi connectivity index (χ0n) is 11.7. The highest BCUT2D eigenvalue weighted by Gasteiger charge is 2.17. The summed E-state index contributed by atoms with van der Waals surface area (Å²) in [6.45, 7) is 4.22. The van der Waals surface area contributed by atoms with Gasteiger partial charge in [-0.05, 0) is 38.6 Å². The van der Waals surface area contributed by atoms with Crippen LogP contribution in [0.15, 0.2) is 29.2 Å². The number of aryl methyl sites for hydroxylation is 2. The smallest absolute Gasteiger partial charge is 0.262 e. The molecule has 0 saturated carbocycles. The van der Waals surface area contributed by atoms with Crippen molar-refractivity contribution in [1.82, 2.24) is 15.5 Å². The zero-order chi connectivity index (χ0) is 14.8. The van der Waals surface area contributed by atoms with Crippen molar-refractivity contribution in [2.24, 2.45) is 0 Å². The predicted molar refractivity (Wildman–Crippen MR) is 78.1 cm³/mol. The van der Waals surface area contributed by atoms with Crippen LogP contribution in [0.2, 0.25) is 0 Å². The molecule has 1 aromatic carbocycles. The van der Waals surface area contributed by atoms with Crippen LogP contribution >= 0.6 is 0 Å². The lowest BCUT2D eigenvalue weighted by Gasteiger charge is -2.09. The molecule has 1 aromatic heterocycles. The molecule has 20 heavy (non-hydrogen) atoms. The molecule has 0 bridgehead atoms. The molecule has 2 aromatic rings. The number of hydrogen-bond donors (Lipinski definition) is 3. The van der Waals surface area contributed by atoms with E-state index in [2.05, 4.69) is 20.2 Å². The summed E-state index contributed by atoms with van der Waals surface area (Å²) < 4.78 is 27.2. The number of hydrogen-bond acceptors (Lipinski definition) is 4. The van der Waals surface area contributed by atoms with Crippen LogP contribution in [0.1, 0.15) is 17.0 Å². The van der Waals surface area contributed by atoms with Gasteiger partial charge in [-0.15, -0.1) is 0 Å². The first-order valence-corrected chi connectivity index (χ1v) is 7.70. The molecule has 0 aliphatic rings. The average molecular weight is 294 g/mol. The maximum Gasteiger partial charge on any atom is 0.262 e. The molecule has 2 rings (SSSR count). The Bertz CT molecular complexity index is 670. The number of H-pyrrole nitrogens is 1. The molecule has 7 heteroatoms. The van der Waals surface area contributed by atoms with Gasteiger partial charge in [0.15, 0.2) is 0 Å². The fourth-order valence-electron chi connectivity index (χ4n) is 1.89. The van der Waals surface area contributed by atoms with Gasteiger partial charge < -0.3 is 5.32 Å². The summed E-state index contributed by atoms with van der Waals surface area (Å²) in [5.74, 6) is 0. The molecule has 0 amide bonds. The molecule has 6 nitrogen and oxygen atoms in total. The predicted octanol–water partition coefficient (Wildman–Crippen LogP) is 1.55. The quantitative estimate of drug-likeness (QED) is 0.781. The number of nitrogens with zero attached hydrogens (tertiary/aromatic N) is 1. The highest BCUT2D eigenvalue weighted by molar-refractivity contribution is 7.92. The first-order valence-electron chi connectivity index (χ1n) is 6.22. The van der Waals surface area contributed by atoms with Gasteiger partial charge in [0.25, 0.3) is 10.0 Å². The molecule has 0 atom stereocenters. The summed E-state index contributed by atoms with van der Waals surface area (Å²) in [6.07, 6.45) is 0. The normalized spacial score (nSPS) is 11.6. The molecule has 0 unspecified atom stereocenters. The fraction of sp³-hybridized carbons (Fsp3) is 0.308. The Labute approximate surface area is 118 Å². The lowest BCUT2D eigenvalue weighted by atomic mass is 10.2. The molecular weight excluding hydrogens is 276 g/mol. The van der Waals surface area contributed by atoms with Crippen LogP contribution < -0.4 is 10.0 Å². The molecule has 0 fully saturated rings. The van der Waals surface area contributed by atoms with Gasteiger partial charge >= 0.3 is 0 Å². The summed E-state index contributed by atoms with van der Waals surface area (Å²) in [4.78, 5) is 0.234. The van der Waals surface area contributed by atoms with Crippen molar-refractivity contribution in [3.63, 3.8) is 0 Å². The van der Waals surface area contributed by atoms with E-state index in [-0.39, 0.29) is 4.90 Å². The van der Waals surface area contributed by atoms with Gasteiger partial charge in [-0.2, -0.15) is 5.10 Å². The number of anilines is 1. The monoisotopic (exact) mass is 294 g/mol. The van der Waals surface area contributed by atoms with Gasteiger partial charge in [0.1, 0.15) is 0 Å². The SMILES string of the molecule is CNCc1ccc(S(=O)(=O)Nc2c(C)n[nH]c2C)cc1. The largest absolute Gasteiger partial charge is 0.316 e. The Morgan fingerprint density at radius 3 is 2.35 bits per heavy atom. The summed E-state index contributed by atoms with van der Waals surface area (Å²) >= 11 is 0. The summed E-state index contributed by atoms with van der Waals surface area (Å²) in [7, 11) is -1.75. The van der Waals surface area contributed by atoms with Crippen LogP contribution in [0.25, 0.3) is 0 Å². The van der Waals surface area contributed by atoms with Crippen molar-refractivity contribution >= 4 is 15.7 Å². The van der Waals surface area contributed by atoms with E-state index in [0.717, 1.165) is 5.56 Å². The molecule has 3 N–H and O–H groups in total. The van der Waals surface area contributed by atoms with Gasteiger partial charge in [-0.25, -0.2) is 8.42 Å². The van der Waals surface area contributed by atoms with Crippen LogP contribution in [0.4, 0.5) is 5.69 Å². The standard InChI is InChI=1S/C13H18N4O2S/c1-9-13(10(2)16-15-9)17-20(18,19)12-6-4-11(5-7-12)8-14-3/h4-7,14,17H,8H2,1-3H3,(H,15,16). The van der Waals surface area contributed by atoms with Gasteiger partial charge in [0.05, 0.1) is 22.0 Å². The van der Waals surface area contributed by atoms with E-state index in [9.17, 15) is 8.42 Å². The highest BCUT2D eigenvalue weighted by Crippen LogP contribution is 2.21. The van der Waals surface area contributed by atoms with E-state index < -0.39 is 10.0 Å². The van der Waals surface area contributed by atoms with Crippen LogP contribution in [-0.4, -0.2) is 25.7 Å². The van der Waals surface area contributed by atoms with Crippen LogP contribution in [0.5, 0.6) is 0 Å². The minimum Gasteiger partial charge on any atom is -0.316 e. The molecule has 0 radical (unpaired) electrons. The van der Waals surface area contributed by atoms with Crippen molar-refractivity contribution in [1.29, 1.82) is 0 Å². The van der Waals surface area contributed by atoms with Gasteiger partial charge in [0, 0.05) is 6.54 Å². The molecule has 0 saturated heterocycles. The Morgan fingerprint density at radius 2 is 1.85 bits per heavy atom. The first kappa shape index (κ1) is 14.5. The van der Waals surface area contributed by atoms with Gasteiger partial charge in [0.2, 0.25) is 0 Å². The zero-order valence-corrected chi connectivity index (χ0v) is 12.5. The van der Waals surface area contributed by atoms with Gasteiger partial charge in [-0.3, -0.25) is 9.82 Å². The highest BCUT2D eigenvalue weighted by atomic mass is 32.2. The topological polar surface area (TPSA) is 86.9 Å². The van der Waals surface area contributed by atoms with E-state index in [1.807, 2.05) is 7.05 Å². The summed E-state index contributed by atoms with van der Waals surface area (Å²) in [6, 6.07) is 6.78. The van der Waals surface area contributed by atoms with Crippen molar-refractivity contribution in [2.75, 3.05) is 11.8 Å². The Hall–Kier alpha value is -1.86. The molecular formula is C13H18N4O2S.